The molecule has 1 aliphatic carbocycles. The molecule has 112 valence electrons. The van der Waals surface area contributed by atoms with Crippen molar-refractivity contribution < 1.29 is 0 Å². The summed E-state index contributed by atoms with van der Waals surface area (Å²) in [5.74, 6) is 0. The second kappa shape index (κ2) is 6.34. The molecule has 3 nitrogen and oxygen atoms in total. The number of hydrogen-bond acceptors (Lipinski definition) is 4. The molecule has 1 aliphatic rings. The number of thiazole rings is 1. The second-order valence-corrected chi connectivity index (χ2v) is 6.96. The summed E-state index contributed by atoms with van der Waals surface area (Å²) in [4.78, 5) is 8.49. The average molecular weight is 322 g/mol. The van der Waals surface area contributed by atoms with Crippen LogP contribution in [0.25, 0.3) is 0 Å². The summed E-state index contributed by atoms with van der Waals surface area (Å²) in [6, 6.07) is 8.41. The molecule has 0 bridgehead atoms. The molecule has 0 amide bonds. The number of fused-ring (bicyclic) bond motifs is 1. The molecule has 0 saturated carbocycles. The highest BCUT2D eigenvalue weighted by Crippen LogP contribution is 2.36. The largest absolute Gasteiger partial charge is 0.347 e. The van der Waals surface area contributed by atoms with Crippen LogP contribution in [0.4, 0.5) is 5.13 Å². The van der Waals surface area contributed by atoms with Gasteiger partial charge in [0.1, 0.15) is 0 Å². The van der Waals surface area contributed by atoms with E-state index in [1.165, 1.54) is 23.4 Å². The predicted octanol–water partition coefficient (Wildman–Crippen LogP) is 4.03. The number of anilines is 1. The van der Waals surface area contributed by atoms with Gasteiger partial charge in [0.05, 0.1) is 11.7 Å². The van der Waals surface area contributed by atoms with Gasteiger partial charge >= 0.3 is 0 Å². The number of aromatic nitrogens is 1. The van der Waals surface area contributed by atoms with Gasteiger partial charge in [0.15, 0.2) is 5.13 Å². The van der Waals surface area contributed by atoms with Crippen LogP contribution in [0, 0.1) is 0 Å². The van der Waals surface area contributed by atoms with Gasteiger partial charge in [0.2, 0.25) is 0 Å². The summed E-state index contributed by atoms with van der Waals surface area (Å²) in [7, 11) is 4.11. The Morgan fingerprint density at radius 3 is 3.00 bits per heavy atom. The molecular formula is C16H20ClN3S. The Labute approximate surface area is 135 Å². The van der Waals surface area contributed by atoms with Crippen LogP contribution in [-0.4, -0.2) is 19.1 Å². The first-order valence-corrected chi connectivity index (χ1v) is 8.50. The fourth-order valence-corrected chi connectivity index (χ4v) is 4.12. The van der Waals surface area contributed by atoms with Gasteiger partial charge in [-0.1, -0.05) is 29.8 Å². The van der Waals surface area contributed by atoms with Crippen molar-refractivity contribution in [2.75, 3.05) is 19.0 Å². The van der Waals surface area contributed by atoms with Crippen LogP contribution in [-0.2, 0) is 13.0 Å². The summed E-state index contributed by atoms with van der Waals surface area (Å²) in [5, 5.41) is 5.28. The zero-order valence-corrected chi connectivity index (χ0v) is 14.0. The molecule has 1 unspecified atom stereocenters. The van der Waals surface area contributed by atoms with Crippen molar-refractivity contribution in [3.8, 4) is 0 Å². The minimum atomic E-state index is 0.410. The minimum absolute atomic E-state index is 0.410. The topological polar surface area (TPSA) is 28.2 Å². The molecule has 1 aromatic carbocycles. The molecular weight excluding hydrogens is 302 g/mol. The van der Waals surface area contributed by atoms with E-state index in [2.05, 4.69) is 23.3 Å². The van der Waals surface area contributed by atoms with Crippen LogP contribution in [0.5, 0.6) is 0 Å². The maximum atomic E-state index is 6.25. The number of hydrogen-bond donors (Lipinski definition) is 1. The van der Waals surface area contributed by atoms with E-state index in [1.807, 2.05) is 36.6 Å². The third kappa shape index (κ3) is 3.07. The molecule has 2 aromatic rings. The van der Waals surface area contributed by atoms with Crippen LogP contribution in [0.1, 0.15) is 35.0 Å². The molecule has 0 fully saturated rings. The standard InChI is InChI=1S/C16H20ClN3S/c1-18-13-8-5-9-14-15(13)19-16(21-14)20(2)10-11-6-3-4-7-12(11)17/h3-4,6-7,13,18H,5,8-10H2,1-2H3. The summed E-state index contributed by atoms with van der Waals surface area (Å²) in [6.07, 6.45) is 3.58. The van der Waals surface area contributed by atoms with Crippen LogP contribution >= 0.6 is 22.9 Å². The Kier molecular flexibility index (Phi) is 4.48. The van der Waals surface area contributed by atoms with Crippen molar-refractivity contribution >= 4 is 28.1 Å². The highest BCUT2D eigenvalue weighted by atomic mass is 35.5. The number of aryl methyl sites for hydroxylation is 1. The van der Waals surface area contributed by atoms with Gasteiger partial charge in [-0.15, -0.1) is 11.3 Å². The number of nitrogens with one attached hydrogen (secondary N) is 1. The molecule has 1 aromatic heterocycles. The van der Waals surface area contributed by atoms with Crippen molar-refractivity contribution in [2.24, 2.45) is 0 Å². The lowest BCUT2D eigenvalue weighted by Gasteiger charge is -2.20. The molecule has 3 rings (SSSR count). The van der Waals surface area contributed by atoms with E-state index in [9.17, 15) is 0 Å². The van der Waals surface area contributed by atoms with E-state index in [4.69, 9.17) is 16.6 Å². The number of benzene rings is 1. The lowest BCUT2D eigenvalue weighted by Crippen LogP contribution is -2.21. The quantitative estimate of drug-likeness (QED) is 0.921. The third-order valence-electron chi connectivity index (χ3n) is 3.98. The molecule has 1 N–H and O–H groups in total. The first kappa shape index (κ1) is 14.8. The van der Waals surface area contributed by atoms with Crippen LogP contribution < -0.4 is 10.2 Å². The summed E-state index contributed by atoms with van der Waals surface area (Å²) < 4.78 is 0. The first-order valence-electron chi connectivity index (χ1n) is 7.30. The van der Waals surface area contributed by atoms with E-state index in [0.29, 0.717) is 6.04 Å². The van der Waals surface area contributed by atoms with Gasteiger partial charge in [-0.05, 0) is 37.9 Å². The van der Waals surface area contributed by atoms with E-state index >= 15 is 0 Å². The fraction of sp³-hybridized carbons (Fsp3) is 0.438. The maximum absolute atomic E-state index is 6.25. The van der Waals surface area contributed by atoms with E-state index < -0.39 is 0 Å². The zero-order chi connectivity index (χ0) is 14.8. The monoisotopic (exact) mass is 321 g/mol. The minimum Gasteiger partial charge on any atom is -0.347 e. The molecule has 0 aliphatic heterocycles. The Balaban J connectivity index is 1.81. The van der Waals surface area contributed by atoms with E-state index in [1.54, 1.807) is 0 Å². The number of halogens is 1. The summed E-state index contributed by atoms with van der Waals surface area (Å²) in [6.45, 7) is 0.788. The zero-order valence-electron chi connectivity index (χ0n) is 12.4. The molecule has 0 radical (unpaired) electrons. The summed E-state index contributed by atoms with van der Waals surface area (Å²) >= 11 is 8.07. The van der Waals surface area contributed by atoms with Gasteiger partial charge in [-0.3, -0.25) is 0 Å². The second-order valence-electron chi connectivity index (χ2n) is 5.49. The summed E-state index contributed by atoms with van der Waals surface area (Å²) in [5.41, 5.74) is 2.38. The smallest absolute Gasteiger partial charge is 0.185 e. The lowest BCUT2D eigenvalue weighted by atomic mass is 9.98. The van der Waals surface area contributed by atoms with Crippen molar-refractivity contribution in [1.82, 2.24) is 10.3 Å². The fourth-order valence-electron chi connectivity index (χ4n) is 2.80. The Hall–Kier alpha value is -1.10. The Morgan fingerprint density at radius 1 is 1.43 bits per heavy atom. The molecule has 0 saturated heterocycles. The van der Waals surface area contributed by atoms with Crippen LogP contribution in [0.3, 0.4) is 0 Å². The Bertz CT molecular complexity index is 626. The van der Waals surface area contributed by atoms with Gasteiger partial charge in [0.25, 0.3) is 0 Å². The highest BCUT2D eigenvalue weighted by molar-refractivity contribution is 7.15. The van der Waals surface area contributed by atoms with Crippen molar-refractivity contribution in [3.05, 3.63) is 45.4 Å². The van der Waals surface area contributed by atoms with Crippen molar-refractivity contribution in [1.29, 1.82) is 0 Å². The van der Waals surface area contributed by atoms with Crippen molar-refractivity contribution in [3.63, 3.8) is 0 Å². The van der Waals surface area contributed by atoms with Crippen LogP contribution in [0.15, 0.2) is 24.3 Å². The average Bonchev–Trinajstić information content (AvgIpc) is 2.93. The van der Waals surface area contributed by atoms with Crippen LogP contribution in [0.2, 0.25) is 5.02 Å². The van der Waals surface area contributed by atoms with Gasteiger partial charge in [-0.2, -0.15) is 0 Å². The number of rotatable bonds is 4. The van der Waals surface area contributed by atoms with E-state index in [-0.39, 0.29) is 0 Å². The lowest BCUT2D eigenvalue weighted by molar-refractivity contribution is 0.490. The van der Waals surface area contributed by atoms with Gasteiger partial charge < -0.3 is 10.2 Å². The van der Waals surface area contributed by atoms with E-state index in [0.717, 1.165) is 28.7 Å². The van der Waals surface area contributed by atoms with Crippen molar-refractivity contribution in [2.45, 2.75) is 31.8 Å². The Morgan fingerprint density at radius 2 is 2.24 bits per heavy atom. The first-order chi connectivity index (χ1) is 10.2. The SMILES string of the molecule is CNC1CCCc2sc(N(C)Cc3ccccc3Cl)nc21. The van der Waals surface area contributed by atoms with Gasteiger partial charge in [-0.25, -0.2) is 4.98 Å². The molecule has 5 heteroatoms. The number of nitrogens with zero attached hydrogens (tertiary/aromatic N) is 2. The normalized spacial score (nSPS) is 17.6. The third-order valence-corrected chi connectivity index (χ3v) is 5.60. The molecule has 1 atom stereocenters. The molecule has 0 spiro atoms. The highest BCUT2D eigenvalue weighted by Gasteiger charge is 2.24. The molecule has 1 heterocycles. The molecule has 21 heavy (non-hydrogen) atoms. The predicted molar refractivity (Wildman–Crippen MR) is 90.4 cm³/mol. The maximum Gasteiger partial charge on any atom is 0.185 e. The van der Waals surface area contributed by atoms with Gasteiger partial charge in [0, 0.05) is 23.5 Å².